The molecule has 21 heavy (non-hydrogen) atoms. The summed E-state index contributed by atoms with van der Waals surface area (Å²) in [6.07, 6.45) is 3.67. The minimum atomic E-state index is -3.23. The highest BCUT2D eigenvalue weighted by atomic mass is 32.2. The minimum Gasteiger partial charge on any atom is -0.212 e. The average Bonchev–Trinajstić information content (AvgIpc) is 2.54. The van der Waals surface area contributed by atoms with Crippen LogP contribution in [0.1, 0.15) is 18.4 Å². The van der Waals surface area contributed by atoms with Crippen LogP contribution in [0.5, 0.6) is 0 Å². The monoisotopic (exact) mass is 324 g/mol. The Morgan fingerprint density at radius 2 is 1.90 bits per heavy atom. The van der Waals surface area contributed by atoms with Gasteiger partial charge in [0.15, 0.2) is 0 Å². The van der Waals surface area contributed by atoms with Gasteiger partial charge in [0.1, 0.15) is 4.75 Å². The highest BCUT2D eigenvalue weighted by Gasteiger charge is 2.37. The van der Waals surface area contributed by atoms with Gasteiger partial charge in [-0.15, -0.1) is 11.8 Å². The van der Waals surface area contributed by atoms with E-state index < -0.39 is 14.8 Å². The van der Waals surface area contributed by atoms with Crippen molar-refractivity contribution in [1.29, 1.82) is 5.26 Å². The van der Waals surface area contributed by atoms with Crippen molar-refractivity contribution in [2.24, 2.45) is 0 Å². The second-order valence-corrected chi connectivity index (χ2v) is 8.54. The van der Waals surface area contributed by atoms with Gasteiger partial charge < -0.3 is 0 Å². The molecule has 0 amide bonds. The lowest BCUT2D eigenvalue weighted by Crippen LogP contribution is -2.45. The van der Waals surface area contributed by atoms with E-state index in [2.05, 4.69) is 6.07 Å². The molecule has 0 N–H and O–H groups in total. The Balaban J connectivity index is 1.94. The predicted molar refractivity (Wildman–Crippen MR) is 86.6 cm³/mol. The van der Waals surface area contributed by atoms with Crippen LogP contribution in [0.25, 0.3) is 0 Å². The number of nitriles is 1. The van der Waals surface area contributed by atoms with Crippen molar-refractivity contribution >= 4 is 21.8 Å². The Morgan fingerprint density at radius 1 is 1.29 bits per heavy atom. The summed E-state index contributed by atoms with van der Waals surface area (Å²) in [4.78, 5) is 0. The molecule has 1 heterocycles. The smallest absolute Gasteiger partial charge is 0.212 e. The van der Waals surface area contributed by atoms with Crippen LogP contribution < -0.4 is 0 Å². The Morgan fingerprint density at radius 3 is 2.43 bits per heavy atom. The third-order valence-electron chi connectivity index (χ3n) is 4.01. The summed E-state index contributed by atoms with van der Waals surface area (Å²) in [5.74, 6) is 0.135. The van der Waals surface area contributed by atoms with E-state index in [0.29, 0.717) is 32.4 Å². The van der Waals surface area contributed by atoms with Crippen molar-refractivity contribution in [3.05, 3.63) is 35.9 Å². The number of nitrogens with zero attached hydrogens (tertiary/aromatic N) is 2. The molecule has 6 heteroatoms. The van der Waals surface area contributed by atoms with Crippen LogP contribution in [0.3, 0.4) is 0 Å². The maximum absolute atomic E-state index is 12.4. The van der Waals surface area contributed by atoms with E-state index in [1.807, 2.05) is 36.6 Å². The fraction of sp³-hybridized carbons (Fsp3) is 0.533. The van der Waals surface area contributed by atoms with Gasteiger partial charge in [-0.05, 0) is 31.1 Å². The molecule has 1 aliphatic heterocycles. The molecule has 1 aromatic carbocycles. The summed E-state index contributed by atoms with van der Waals surface area (Å²) in [7, 11) is -3.23. The second-order valence-electron chi connectivity index (χ2n) is 5.26. The first-order valence-corrected chi connectivity index (χ1v) is 9.83. The molecule has 2 rings (SSSR count). The molecule has 0 spiro atoms. The van der Waals surface area contributed by atoms with Crippen LogP contribution in [0.4, 0.5) is 0 Å². The van der Waals surface area contributed by atoms with Gasteiger partial charge in [0, 0.05) is 13.1 Å². The van der Waals surface area contributed by atoms with Crippen molar-refractivity contribution in [2.45, 2.75) is 24.0 Å². The topological polar surface area (TPSA) is 61.2 Å². The zero-order chi connectivity index (χ0) is 15.3. The van der Waals surface area contributed by atoms with Crippen LogP contribution in [0, 0.1) is 11.3 Å². The molecule has 1 fully saturated rings. The number of sulfonamides is 1. The largest absolute Gasteiger partial charge is 0.214 e. The van der Waals surface area contributed by atoms with Gasteiger partial charge in [0.25, 0.3) is 0 Å². The summed E-state index contributed by atoms with van der Waals surface area (Å²) in [6, 6.07) is 12.0. The highest BCUT2D eigenvalue weighted by Crippen LogP contribution is 2.34. The predicted octanol–water partition coefficient (Wildman–Crippen LogP) is 2.28. The van der Waals surface area contributed by atoms with Crippen LogP contribution in [-0.4, -0.2) is 42.6 Å². The van der Waals surface area contributed by atoms with E-state index >= 15 is 0 Å². The quantitative estimate of drug-likeness (QED) is 0.833. The fourth-order valence-electron chi connectivity index (χ4n) is 2.51. The lowest BCUT2D eigenvalue weighted by Gasteiger charge is -2.35. The average molecular weight is 324 g/mol. The molecule has 4 nitrogen and oxygen atoms in total. The van der Waals surface area contributed by atoms with Gasteiger partial charge in [-0.25, -0.2) is 12.7 Å². The summed E-state index contributed by atoms with van der Waals surface area (Å²) in [5, 5.41) is 9.24. The van der Waals surface area contributed by atoms with Crippen molar-refractivity contribution < 1.29 is 8.42 Å². The Kier molecular flexibility index (Phi) is 5.31. The first-order valence-electron chi connectivity index (χ1n) is 6.99. The van der Waals surface area contributed by atoms with Gasteiger partial charge in [-0.3, -0.25) is 0 Å². The number of benzene rings is 1. The van der Waals surface area contributed by atoms with Crippen LogP contribution in [0.15, 0.2) is 30.3 Å². The Hall–Kier alpha value is -1.03. The SMILES string of the molecule is CSC1(C#N)CCN(S(=O)(=O)CCc2ccccc2)CC1. The third kappa shape index (κ3) is 4.00. The standard InChI is InChI=1S/C15H20N2O2S2/c1-20-15(13-16)8-10-17(11-9-15)21(18,19)12-7-14-5-3-2-4-6-14/h2-6H,7-12H2,1H3. The molecule has 0 aromatic heterocycles. The van der Waals surface area contributed by atoms with Crippen molar-refractivity contribution in [2.75, 3.05) is 25.1 Å². The van der Waals surface area contributed by atoms with E-state index in [-0.39, 0.29) is 5.75 Å². The number of thioether (sulfide) groups is 1. The van der Waals surface area contributed by atoms with Crippen LogP contribution in [-0.2, 0) is 16.4 Å². The molecule has 0 radical (unpaired) electrons. The third-order valence-corrected chi connectivity index (χ3v) is 7.16. The molecule has 1 aliphatic rings. The van der Waals surface area contributed by atoms with E-state index in [1.165, 1.54) is 11.8 Å². The normalized spacial score (nSPS) is 19.0. The fourth-order valence-corrected chi connectivity index (χ4v) is 4.68. The number of piperidine rings is 1. The summed E-state index contributed by atoms with van der Waals surface area (Å²) >= 11 is 1.53. The van der Waals surface area contributed by atoms with Gasteiger partial charge in [-0.1, -0.05) is 30.3 Å². The zero-order valence-corrected chi connectivity index (χ0v) is 13.8. The molecule has 0 bridgehead atoms. The molecular weight excluding hydrogens is 304 g/mol. The van der Waals surface area contributed by atoms with E-state index in [0.717, 1.165) is 5.56 Å². The summed E-state index contributed by atoms with van der Waals surface area (Å²) in [5.41, 5.74) is 1.04. The number of rotatable bonds is 5. The number of hydrogen-bond donors (Lipinski definition) is 0. The maximum Gasteiger partial charge on any atom is 0.214 e. The molecule has 0 saturated carbocycles. The van der Waals surface area contributed by atoms with Crippen molar-refractivity contribution in [3.63, 3.8) is 0 Å². The van der Waals surface area contributed by atoms with Gasteiger partial charge >= 0.3 is 0 Å². The Labute approximate surface area is 131 Å². The van der Waals surface area contributed by atoms with Crippen LogP contribution >= 0.6 is 11.8 Å². The molecule has 114 valence electrons. The highest BCUT2D eigenvalue weighted by molar-refractivity contribution is 8.00. The first-order chi connectivity index (χ1) is 10.0. The Bertz CT molecular complexity index is 600. The van der Waals surface area contributed by atoms with Crippen molar-refractivity contribution in [1.82, 2.24) is 4.31 Å². The molecule has 0 atom stereocenters. The van der Waals surface area contributed by atoms with Crippen LogP contribution in [0.2, 0.25) is 0 Å². The molecule has 1 saturated heterocycles. The lowest BCUT2D eigenvalue weighted by atomic mass is 9.99. The van der Waals surface area contributed by atoms with E-state index in [4.69, 9.17) is 0 Å². The van der Waals surface area contributed by atoms with Gasteiger partial charge in [-0.2, -0.15) is 5.26 Å². The number of aryl methyl sites for hydroxylation is 1. The minimum absolute atomic E-state index is 0.135. The molecule has 0 unspecified atom stereocenters. The zero-order valence-electron chi connectivity index (χ0n) is 12.2. The van der Waals surface area contributed by atoms with Crippen molar-refractivity contribution in [3.8, 4) is 6.07 Å². The maximum atomic E-state index is 12.4. The second kappa shape index (κ2) is 6.82. The molecular formula is C15H20N2O2S2. The molecule has 0 aliphatic carbocycles. The summed E-state index contributed by atoms with van der Waals surface area (Å²) in [6.45, 7) is 0.900. The van der Waals surface area contributed by atoms with E-state index in [1.54, 1.807) is 4.31 Å². The molecule has 1 aromatic rings. The van der Waals surface area contributed by atoms with Gasteiger partial charge in [0.2, 0.25) is 10.0 Å². The first kappa shape index (κ1) is 16.3. The van der Waals surface area contributed by atoms with E-state index in [9.17, 15) is 13.7 Å². The summed E-state index contributed by atoms with van der Waals surface area (Å²) < 4.78 is 25.9. The number of hydrogen-bond acceptors (Lipinski definition) is 4. The van der Waals surface area contributed by atoms with Gasteiger partial charge in [0.05, 0.1) is 11.8 Å². The lowest BCUT2D eigenvalue weighted by molar-refractivity contribution is 0.327.